The summed E-state index contributed by atoms with van der Waals surface area (Å²) in [5.41, 5.74) is 15.1. The number of fused-ring (bicyclic) bond motifs is 6. The van der Waals surface area contributed by atoms with Crippen molar-refractivity contribution < 1.29 is 51.9 Å². The summed E-state index contributed by atoms with van der Waals surface area (Å²) < 4.78 is 30.7. The molecule has 0 saturated carbocycles. The summed E-state index contributed by atoms with van der Waals surface area (Å²) >= 11 is 0. The molecule has 0 bridgehead atoms. The van der Waals surface area contributed by atoms with Crippen molar-refractivity contribution in [2.75, 3.05) is 0 Å². The molecule has 6 N–H and O–H groups in total. The number of carbonyl (C=O) groups excluding carboxylic acids is 9. The van der Waals surface area contributed by atoms with Crippen LogP contribution < -0.4 is 31.9 Å². The number of hydrogen-bond donors (Lipinski definition) is 6. The van der Waals surface area contributed by atoms with E-state index in [0.717, 1.165) is 80.5 Å². The summed E-state index contributed by atoms with van der Waals surface area (Å²) in [6.07, 6.45) is 10.5. The average Bonchev–Trinajstić information content (AvgIpc) is 1.78. The van der Waals surface area contributed by atoms with E-state index in [4.69, 9.17) is 6.57 Å². The Labute approximate surface area is 622 Å². The van der Waals surface area contributed by atoms with Crippen LogP contribution in [0.15, 0.2) is 158 Å². The molecule has 3 atom stereocenters. The molecule has 0 radical (unpaired) electrons. The Morgan fingerprint density at radius 2 is 0.789 bits per heavy atom. The predicted molar refractivity (Wildman–Crippen MR) is 395 cm³/mol. The van der Waals surface area contributed by atoms with E-state index >= 15 is 0 Å². The highest BCUT2D eigenvalue weighted by atomic mass is 19.1. The van der Waals surface area contributed by atoms with Crippen LogP contribution in [0.3, 0.4) is 0 Å². The molecule has 0 aliphatic heterocycles. The van der Waals surface area contributed by atoms with Gasteiger partial charge in [-0.25, -0.2) is 37.3 Å². The third-order valence-corrected chi connectivity index (χ3v) is 19.7. The Morgan fingerprint density at radius 1 is 0.422 bits per heavy atom. The lowest BCUT2D eigenvalue weighted by molar-refractivity contribution is 0.0916. The number of Topliss-reactive ketones (excluding diaryl/α,β-unsaturated/α-hetero) is 3. The highest BCUT2D eigenvalue weighted by Crippen LogP contribution is 2.38. The number of rotatable bonds is 18. The Morgan fingerprint density at radius 3 is 1.15 bits per heavy atom. The van der Waals surface area contributed by atoms with Gasteiger partial charge in [0.1, 0.15) is 52.0 Å². The van der Waals surface area contributed by atoms with Crippen LogP contribution >= 0.6 is 0 Å². The van der Waals surface area contributed by atoms with Gasteiger partial charge < -0.3 is 36.7 Å². The lowest BCUT2D eigenvalue weighted by Gasteiger charge is -2.16. The minimum Gasteiger partial charge on any atom is -0.361 e. The number of amides is 6. The van der Waals surface area contributed by atoms with Gasteiger partial charge in [-0.3, -0.25) is 43.2 Å². The minimum absolute atomic E-state index is 0.0175. The van der Waals surface area contributed by atoms with Crippen molar-refractivity contribution in [2.45, 2.75) is 118 Å². The van der Waals surface area contributed by atoms with Gasteiger partial charge in [-0.2, -0.15) is 15.3 Å². The van der Waals surface area contributed by atoms with E-state index in [1.54, 1.807) is 81.4 Å². The topological polar surface area (TPSA) is 334 Å². The number of hydrogen-bond acceptors (Lipinski definition) is 16. The third-order valence-electron chi connectivity index (χ3n) is 19.7. The first-order chi connectivity index (χ1) is 52.5. The van der Waals surface area contributed by atoms with Gasteiger partial charge in [-0.05, 0) is 183 Å². The smallest absolute Gasteiger partial charge is 0.270 e. The van der Waals surface area contributed by atoms with Crippen LogP contribution in [0.1, 0.15) is 219 Å². The van der Waals surface area contributed by atoms with Gasteiger partial charge in [0.2, 0.25) is 0 Å². The lowest BCUT2D eigenvalue weighted by Crippen LogP contribution is -2.30. The standard InChI is InChI=1S/2C27H24FN5O3.C27H23N7O3/c1-15-19(16(2)34)7-8-21-20(15)9-10-22(21)32-27(36)24-13-23(31-25-11-12-30-33(24)25)26(35)29-14-17-3-5-18(28)6-4-17;1-15-19(16(2)34)6-7-21-20(15)8-9-22(21)32-27(36)24-13-23(31-25-10-11-30-33(24)25)26(35)29-14-17-4-3-5-18(28)12-17;1-15-18(16(2)35)4-5-20-19(15)6-7-21(20)33-27(37)23-13-22(32-25-9-11-31-34(23)25)26(36)30-14-17-8-10-29-24(12-17)28-3/h3-8,11-13,22H,9-10,14H2,1-2H3,(H,29,35)(H,32,36);3-7,10-13,22H,8-9,14H2,1-2H3,(H,29,35)(H,32,36);4-5,8-13,21H,6-7,14H2,1-2H3,(H,30,36)(H,33,37)/t2*22-;21-/m000/s1. The molecule has 3 aliphatic carbocycles. The molecule has 3 aliphatic rings. The first-order valence-corrected chi connectivity index (χ1v) is 35.0. The van der Waals surface area contributed by atoms with Crippen LogP contribution in [0.2, 0.25) is 0 Å². The van der Waals surface area contributed by atoms with Crippen LogP contribution in [0.25, 0.3) is 21.8 Å². The van der Waals surface area contributed by atoms with Crippen molar-refractivity contribution in [3.63, 3.8) is 0 Å². The van der Waals surface area contributed by atoms with Crippen molar-refractivity contribution >= 4 is 75.6 Å². The number of carbonyl (C=O) groups is 9. The van der Waals surface area contributed by atoms with Gasteiger partial charge in [0, 0.05) is 72.7 Å². The quantitative estimate of drug-likeness (QED) is 0.0343. The van der Waals surface area contributed by atoms with Crippen molar-refractivity contribution in [2.24, 2.45) is 0 Å². The summed E-state index contributed by atoms with van der Waals surface area (Å²) in [6.45, 7) is 18.0. The van der Waals surface area contributed by atoms with Gasteiger partial charge >= 0.3 is 0 Å². The molecule has 0 saturated heterocycles. The monoisotopic (exact) mass is 1460 g/mol. The zero-order valence-corrected chi connectivity index (χ0v) is 60.0. The fourth-order valence-corrected chi connectivity index (χ4v) is 14.2. The lowest BCUT2D eigenvalue weighted by atomic mass is 9.96. The third kappa shape index (κ3) is 15.8. The van der Waals surface area contributed by atoms with Crippen LogP contribution in [0.4, 0.5) is 14.6 Å². The zero-order valence-electron chi connectivity index (χ0n) is 60.0. The second-order valence-corrected chi connectivity index (χ2v) is 26.6. The van der Waals surface area contributed by atoms with Crippen LogP contribution in [-0.4, -0.2) is 102 Å². The van der Waals surface area contributed by atoms with Crippen LogP contribution in [0, 0.1) is 39.0 Å². The van der Waals surface area contributed by atoms with Crippen molar-refractivity contribution in [3.8, 4) is 0 Å². The number of benzene rings is 5. The van der Waals surface area contributed by atoms with E-state index in [9.17, 15) is 51.9 Å². The fraction of sp³-hybridized carbons (Fsp3) is 0.222. The molecule has 28 heteroatoms. The largest absolute Gasteiger partial charge is 0.361 e. The van der Waals surface area contributed by atoms with Crippen LogP contribution in [0.5, 0.6) is 0 Å². The molecule has 5 aromatic carbocycles. The summed E-state index contributed by atoms with van der Waals surface area (Å²) in [4.78, 5) is 135. The molecule has 12 aromatic rings. The van der Waals surface area contributed by atoms with Gasteiger partial charge in [0.25, 0.3) is 41.3 Å². The van der Waals surface area contributed by atoms with E-state index < -0.39 is 23.6 Å². The highest BCUT2D eigenvalue weighted by Gasteiger charge is 2.33. The van der Waals surface area contributed by atoms with Crippen LogP contribution in [-0.2, 0) is 38.9 Å². The summed E-state index contributed by atoms with van der Waals surface area (Å²) in [7, 11) is 0. The molecular formula is C81H71F2N17O9. The maximum Gasteiger partial charge on any atom is 0.270 e. The van der Waals surface area contributed by atoms with Gasteiger partial charge in [0.05, 0.1) is 36.7 Å². The van der Waals surface area contributed by atoms with E-state index in [1.165, 1.54) is 80.8 Å². The van der Waals surface area contributed by atoms with Gasteiger partial charge in [-0.1, -0.05) is 67.2 Å². The Hall–Kier alpha value is -13.7. The number of ketones is 3. The Balaban J connectivity index is 0.000000144. The summed E-state index contributed by atoms with van der Waals surface area (Å²) in [6, 6.07) is 34.6. The number of pyridine rings is 1. The molecule has 0 spiro atoms. The summed E-state index contributed by atoms with van der Waals surface area (Å²) in [5.74, 6) is -3.02. The second-order valence-electron chi connectivity index (χ2n) is 26.6. The molecule has 7 aromatic heterocycles. The first kappa shape index (κ1) is 73.6. The minimum atomic E-state index is -0.490. The Bertz CT molecular complexity index is 5760. The SMILES string of the molecule is CC(=O)c1ccc2c(c1C)CC[C@@H]2NC(=O)c1cc(C(=O)NCc2ccc(F)cc2)nc2ccnn12.CC(=O)c1ccc2c(c1C)CC[C@@H]2NC(=O)c1cc(C(=O)NCc2cccc(F)c2)nc2ccnn12.[C-]#[N+]c1cc(CNC(=O)c2cc(C(=O)N[C@H]3CCc4c3ccc(C(C)=O)c4C)n3nccc3n2)ccn1. The number of nitrogens with one attached hydrogen (secondary N) is 6. The maximum absolute atomic E-state index is 13.4. The number of aromatic nitrogens is 10. The molecule has 7 heterocycles. The molecule has 15 rings (SSSR count). The van der Waals surface area contributed by atoms with Gasteiger partial charge in [0.15, 0.2) is 34.3 Å². The van der Waals surface area contributed by atoms with Crippen molar-refractivity contribution in [1.82, 2.24) is 80.7 Å². The molecule has 0 unspecified atom stereocenters. The molecule has 548 valence electrons. The predicted octanol–water partition coefficient (Wildman–Crippen LogP) is 11.0. The highest BCUT2D eigenvalue weighted by molar-refractivity contribution is 6.02. The first-order valence-electron chi connectivity index (χ1n) is 35.0. The molecule has 6 amide bonds. The van der Waals surface area contributed by atoms with Crippen molar-refractivity contribution in [3.05, 3.63) is 299 Å². The van der Waals surface area contributed by atoms with E-state index in [2.05, 4.69) is 72.0 Å². The molecule has 109 heavy (non-hydrogen) atoms. The second kappa shape index (κ2) is 31.5. The molecule has 0 fully saturated rings. The fourth-order valence-electron chi connectivity index (χ4n) is 14.2. The number of nitrogens with zero attached hydrogens (tertiary/aromatic N) is 11. The average molecular weight is 1460 g/mol. The molecular weight excluding hydrogens is 1390 g/mol. The van der Waals surface area contributed by atoms with E-state index in [0.29, 0.717) is 58.5 Å². The van der Waals surface area contributed by atoms with E-state index in [1.807, 2.05) is 51.1 Å². The maximum atomic E-state index is 13.4. The zero-order chi connectivity index (χ0) is 76.9. The van der Waals surface area contributed by atoms with E-state index in [-0.39, 0.29) is 119 Å². The molecule has 26 nitrogen and oxygen atoms in total. The van der Waals surface area contributed by atoms with Crippen molar-refractivity contribution in [1.29, 1.82) is 0 Å². The Kier molecular flexibility index (Phi) is 21.3. The number of halogens is 2. The summed E-state index contributed by atoms with van der Waals surface area (Å²) in [5, 5.41) is 30.0. The normalized spacial score (nSPS) is 14.4. The van der Waals surface area contributed by atoms with Gasteiger partial charge in [-0.15, -0.1) is 4.98 Å².